The quantitative estimate of drug-likeness (QED) is 0.249. The average Bonchev–Trinajstić information content (AvgIpc) is 3.00. The van der Waals surface area contributed by atoms with Gasteiger partial charge in [-0.05, 0) is 48.5 Å². The van der Waals surface area contributed by atoms with Crippen molar-refractivity contribution >= 4 is 28.6 Å². The van der Waals surface area contributed by atoms with E-state index in [9.17, 15) is 9.59 Å². The van der Waals surface area contributed by atoms with E-state index in [2.05, 4.69) is 16.7 Å². The fourth-order valence-corrected chi connectivity index (χ4v) is 4.37. The van der Waals surface area contributed by atoms with Crippen LogP contribution in [-0.4, -0.2) is 31.5 Å². The summed E-state index contributed by atoms with van der Waals surface area (Å²) in [7, 11) is 1.42. The lowest BCUT2D eigenvalue weighted by molar-refractivity contribution is -0.0427. The van der Waals surface area contributed by atoms with Crippen LogP contribution in [-0.2, 0) is 4.74 Å². The molecule has 0 aromatic heterocycles. The van der Waals surface area contributed by atoms with E-state index in [4.69, 9.17) is 20.0 Å². The molecule has 4 aromatic carbocycles. The molecule has 0 amide bonds. The summed E-state index contributed by atoms with van der Waals surface area (Å²) in [6.45, 7) is 0.131. The first-order valence-electron chi connectivity index (χ1n) is 12.2. The Bertz CT molecular complexity index is 1700. The Kier molecular flexibility index (Phi) is 7.23. The number of carbonyl (C=O) groups excluding carboxylic acids is 2. The van der Waals surface area contributed by atoms with Gasteiger partial charge in [-0.2, -0.15) is 10.5 Å². The van der Waals surface area contributed by atoms with Gasteiger partial charge >= 0.3 is 0 Å². The molecule has 5 rings (SSSR count). The highest BCUT2D eigenvalue weighted by Crippen LogP contribution is 2.39. The molecule has 0 radical (unpaired) electrons. The van der Waals surface area contributed by atoms with Crippen LogP contribution in [0.15, 0.2) is 78.9 Å². The summed E-state index contributed by atoms with van der Waals surface area (Å²) >= 11 is 0. The fraction of sp³-hybridized carbons (Fsp3) is 0.0968. The van der Waals surface area contributed by atoms with Gasteiger partial charge in [-0.25, -0.2) is 4.39 Å². The molecule has 0 fully saturated rings. The molecule has 40 heavy (non-hydrogen) atoms. The van der Waals surface area contributed by atoms with Gasteiger partial charge in [0.25, 0.3) is 0 Å². The lowest BCUT2D eigenvalue weighted by Gasteiger charge is -2.25. The third-order valence-electron chi connectivity index (χ3n) is 6.40. The highest BCUT2D eigenvalue weighted by molar-refractivity contribution is 6.29. The molecule has 0 bridgehead atoms. The van der Waals surface area contributed by atoms with Crippen LogP contribution in [0.1, 0.15) is 43.0 Å². The normalized spacial score (nSPS) is 12.4. The van der Waals surface area contributed by atoms with Gasteiger partial charge in [0, 0.05) is 35.7 Å². The van der Waals surface area contributed by atoms with Crippen LogP contribution < -0.4 is 15.4 Å². The maximum Gasteiger partial charge on any atom is 0.217 e. The number of carbonyl (C=O) groups is 2. The number of methoxy groups -OCH3 is 1. The lowest BCUT2D eigenvalue weighted by atomic mass is 9.83. The maximum atomic E-state index is 15.9. The Morgan fingerprint density at radius 3 is 1.93 bits per heavy atom. The molecular formula is C31H21FN4O4. The van der Waals surface area contributed by atoms with Crippen LogP contribution in [0, 0.1) is 28.5 Å². The van der Waals surface area contributed by atoms with Gasteiger partial charge in [-0.1, -0.05) is 24.3 Å². The number of nitrogens with zero attached hydrogens (tertiary/aromatic N) is 2. The number of hydrogen-bond acceptors (Lipinski definition) is 8. The molecule has 0 saturated carbocycles. The minimum Gasteiger partial charge on any atom is -0.462 e. The van der Waals surface area contributed by atoms with Crippen molar-refractivity contribution in [3.05, 3.63) is 118 Å². The van der Waals surface area contributed by atoms with E-state index in [0.29, 0.717) is 22.5 Å². The van der Waals surface area contributed by atoms with Crippen LogP contribution in [0.5, 0.6) is 5.75 Å². The van der Waals surface area contributed by atoms with E-state index in [0.717, 1.165) is 0 Å². The molecule has 1 unspecified atom stereocenters. The molecule has 1 atom stereocenters. The minimum atomic E-state index is -0.937. The third kappa shape index (κ3) is 4.97. The summed E-state index contributed by atoms with van der Waals surface area (Å²) in [5, 5.41) is 24.1. The van der Waals surface area contributed by atoms with Crippen molar-refractivity contribution in [2.24, 2.45) is 0 Å². The van der Waals surface area contributed by atoms with Crippen molar-refractivity contribution in [3.63, 3.8) is 0 Å². The Hall–Kier alpha value is -5.51. The van der Waals surface area contributed by atoms with E-state index < -0.39 is 29.2 Å². The van der Waals surface area contributed by atoms with Crippen LogP contribution in [0.2, 0.25) is 0 Å². The van der Waals surface area contributed by atoms with Crippen LogP contribution >= 0.6 is 0 Å². The smallest absolute Gasteiger partial charge is 0.217 e. The summed E-state index contributed by atoms with van der Waals surface area (Å²) < 4.78 is 27.5. The zero-order chi connectivity index (χ0) is 28.2. The van der Waals surface area contributed by atoms with Crippen molar-refractivity contribution in [1.29, 1.82) is 10.5 Å². The maximum absolute atomic E-state index is 15.9. The number of fused-ring (bicyclic) bond motifs is 2. The van der Waals surface area contributed by atoms with Gasteiger partial charge in [0.05, 0.1) is 46.6 Å². The largest absolute Gasteiger partial charge is 0.462 e. The van der Waals surface area contributed by atoms with Crippen molar-refractivity contribution in [2.45, 2.75) is 6.29 Å². The highest BCUT2D eigenvalue weighted by Gasteiger charge is 2.37. The van der Waals surface area contributed by atoms with E-state index in [1.807, 2.05) is 6.07 Å². The van der Waals surface area contributed by atoms with Crippen molar-refractivity contribution in [1.82, 2.24) is 0 Å². The molecule has 8 nitrogen and oxygen atoms in total. The molecule has 1 aliphatic carbocycles. The predicted molar refractivity (Wildman–Crippen MR) is 145 cm³/mol. The lowest BCUT2D eigenvalue weighted by Crippen LogP contribution is -2.30. The summed E-state index contributed by atoms with van der Waals surface area (Å²) in [6.07, 6.45) is -0.937. The topological polar surface area (TPSA) is 124 Å². The first-order chi connectivity index (χ1) is 19.4. The number of ether oxygens (including phenoxy) is 2. The average molecular weight is 533 g/mol. The second kappa shape index (κ2) is 11.1. The van der Waals surface area contributed by atoms with Crippen LogP contribution in [0.3, 0.4) is 0 Å². The highest BCUT2D eigenvalue weighted by atomic mass is 19.1. The van der Waals surface area contributed by atoms with Gasteiger partial charge in [0.2, 0.25) is 6.29 Å². The number of benzene rings is 4. The Balaban J connectivity index is 1.53. The summed E-state index contributed by atoms with van der Waals surface area (Å²) in [4.78, 5) is 27.0. The van der Waals surface area contributed by atoms with Gasteiger partial charge in [-0.3, -0.25) is 9.59 Å². The first kappa shape index (κ1) is 26.1. The monoisotopic (exact) mass is 532 g/mol. The first-order valence-corrected chi connectivity index (χ1v) is 12.2. The Morgan fingerprint density at radius 2 is 1.38 bits per heavy atom. The van der Waals surface area contributed by atoms with Crippen LogP contribution in [0.25, 0.3) is 0 Å². The number of halogens is 1. The molecule has 196 valence electrons. The van der Waals surface area contributed by atoms with Gasteiger partial charge in [0.15, 0.2) is 17.4 Å². The van der Waals surface area contributed by atoms with Crippen molar-refractivity contribution in [3.8, 4) is 17.9 Å². The molecule has 0 aliphatic heterocycles. The van der Waals surface area contributed by atoms with Gasteiger partial charge in [-0.15, -0.1) is 0 Å². The number of hydrogen-bond donors (Lipinski definition) is 2. The van der Waals surface area contributed by atoms with E-state index >= 15 is 4.39 Å². The number of nitrogens with one attached hydrogen (secondary N) is 2. The molecule has 9 heteroatoms. The molecule has 0 heterocycles. The number of rotatable bonds is 8. The second-order valence-electron chi connectivity index (χ2n) is 8.86. The van der Waals surface area contributed by atoms with Gasteiger partial charge in [0.1, 0.15) is 5.75 Å². The Labute approximate surface area is 229 Å². The molecule has 0 spiro atoms. The Morgan fingerprint density at radius 1 is 0.825 bits per heavy atom. The SMILES string of the molecule is COC(CNc1ccc(C#N)cc1)Oc1cc(Nc2ccc(C#N)cc2)c(F)c2c1C(=O)c1ccccc1C2=O. The molecule has 0 saturated heterocycles. The number of anilines is 3. The second-order valence-corrected chi connectivity index (χ2v) is 8.86. The van der Waals surface area contributed by atoms with E-state index in [-0.39, 0.29) is 34.7 Å². The minimum absolute atomic E-state index is 0.0334. The zero-order valence-corrected chi connectivity index (χ0v) is 21.2. The third-order valence-corrected chi connectivity index (χ3v) is 6.40. The predicted octanol–water partition coefficient (Wildman–Crippen LogP) is 5.55. The molecule has 2 N–H and O–H groups in total. The number of ketones is 2. The fourth-order valence-electron chi connectivity index (χ4n) is 4.37. The van der Waals surface area contributed by atoms with Gasteiger partial charge < -0.3 is 20.1 Å². The van der Waals surface area contributed by atoms with Crippen molar-refractivity contribution in [2.75, 3.05) is 24.3 Å². The summed E-state index contributed by atoms with van der Waals surface area (Å²) in [5.41, 5.74) is 1.68. The zero-order valence-electron chi connectivity index (χ0n) is 21.2. The molecule has 1 aliphatic rings. The molecule has 4 aromatic rings. The number of nitriles is 2. The van der Waals surface area contributed by atoms with E-state index in [1.54, 1.807) is 60.7 Å². The van der Waals surface area contributed by atoms with Crippen molar-refractivity contribution < 1.29 is 23.5 Å². The van der Waals surface area contributed by atoms with Crippen LogP contribution in [0.4, 0.5) is 21.5 Å². The molecular weight excluding hydrogens is 511 g/mol. The van der Waals surface area contributed by atoms with E-state index in [1.165, 1.54) is 25.3 Å². The summed E-state index contributed by atoms with van der Waals surface area (Å²) in [5.74, 6) is -2.11. The standard InChI is InChI=1S/C31H21FN4O4/c1-39-26(17-35-20-10-6-18(15-33)7-11-20)40-25-14-24(36-21-12-8-19(16-34)9-13-21)29(32)28-27(25)30(37)22-4-2-3-5-23(22)31(28)38/h2-14,26,35-36H,17H2,1H3. The summed E-state index contributed by atoms with van der Waals surface area (Å²) in [6, 6.07) is 24.7.